The highest BCUT2D eigenvalue weighted by Gasteiger charge is 2.03. The Labute approximate surface area is 76.3 Å². The van der Waals surface area contributed by atoms with Crippen LogP contribution in [0.3, 0.4) is 0 Å². The highest BCUT2D eigenvalue weighted by molar-refractivity contribution is 4.53. The summed E-state index contributed by atoms with van der Waals surface area (Å²) in [5.41, 5.74) is 0. The fourth-order valence-corrected chi connectivity index (χ4v) is 1.15. The van der Waals surface area contributed by atoms with E-state index in [1.54, 1.807) is 0 Å². The molecule has 0 bridgehead atoms. The summed E-state index contributed by atoms with van der Waals surface area (Å²) in [5, 5.41) is 0. The molecule has 0 aromatic rings. The number of ether oxygens (including phenoxy) is 2. The maximum Gasteiger partial charge on any atom is 0.0704 e. The van der Waals surface area contributed by atoms with Crippen molar-refractivity contribution < 1.29 is 9.47 Å². The molecule has 0 aliphatic rings. The minimum atomic E-state index is 0.440. The number of hydrogen-bond acceptors (Lipinski definition) is 2. The van der Waals surface area contributed by atoms with Crippen LogP contribution in [0.15, 0.2) is 0 Å². The summed E-state index contributed by atoms with van der Waals surface area (Å²) in [6.45, 7) is 8.62. The molecule has 1 unspecified atom stereocenters. The highest BCUT2D eigenvalue weighted by Crippen LogP contribution is 2.05. The predicted molar refractivity (Wildman–Crippen MR) is 51.4 cm³/mol. The van der Waals surface area contributed by atoms with Crippen molar-refractivity contribution in [3.05, 3.63) is 0 Å². The Morgan fingerprint density at radius 3 is 2.33 bits per heavy atom. The van der Waals surface area contributed by atoms with Gasteiger partial charge < -0.3 is 9.47 Å². The molecule has 0 spiro atoms. The van der Waals surface area contributed by atoms with Crippen molar-refractivity contribution in [2.45, 2.75) is 46.1 Å². The van der Waals surface area contributed by atoms with Crippen molar-refractivity contribution in [3.63, 3.8) is 0 Å². The second-order valence-corrected chi connectivity index (χ2v) is 2.89. The second kappa shape index (κ2) is 9.01. The first-order valence-corrected chi connectivity index (χ1v) is 5.04. The van der Waals surface area contributed by atoms with E-state index in [1.165, 1.54) is 12.8 Å². The summed E-state index contributed by atoms with van der Waals surface area (Å²) in [7, 11) is 0. The monoisotopic (exact) mass is 174 g/mol. The van der Waals surface area contributed by atoms with Crippen molar-refractivity contribution in [3.8, 4) is 0 Å². The smallest absolute Gasteiger partial charge is 0.0704 e. The molecule has 2 heteroatoms. The van der Waals surface area contributed by atoms with E-state index >= 15 is 0 Å². The zero-order chi connectivity index (χ0) is 9.23. The van der Waals surface area contributed by atoms with Gasteiger partial charge in [0.05, 0.1) is 19.3 Å². The fourth-order valence-electron chi connectivity index (χ4n) is 1.15. The summed E-state index contributed by atoms with van der Waals surface area (Å²) in [4.78, 5) is 0. The lowest BCUT2D eigenvalue weighted by atomic mass is 10.2. The Morgan fingerprint density at radius 1 is 1.08 bits per heavy atom. The molecule has 0 heterocycles. The molecule has 0 saturated carbocycles. The van der Waals surface area contributed by atoms with Crippen molar-refractivity contribution >= 4 is 0 Å². The van der Waals surface area contributed by atoms with Crippen LogP contribution in [-0.4, -0.2) is 25.9 Å². The van der Waals surface area contributed by atoms with Gasteiger partial charge >= 0.3 is 0 Å². The lowest BCUT2D eigenvalue weighted by Gasteiger charge is -2.14. The highest BCUT2D eigenvalue weighted by atomic mass is 16.5. The quantitative estimate of drug-likeness (QED) is 0.527. The van der Waals surface area contributed by atoms with Crippen LogP contribution in [0.4, 0.5) is 0 Å². The summed E-state index contributed by atoms with van der Waals surface area (Å²) < 4.78 is 10.8. The van der Waals surface area contributed by atoms with Crippen molar-refractivity contribution in [2.24, 2.45) is 0 Å². The molecular weight excluding hydrogens is 152 g/mol. The molecule has 12 heavy (non-hydrogen) atoms. The van der Waals surface area contributed by atoms with Crippen molar-refractivity contribution in [2.75, 3.05) is 19.8 Å². The van der Waals surface area contributed by atoms with E-state index in [2.05, 4.69) is 13.8 Å². The van der Waals surface area contributed by atoms with Gasteiger partial charge in [0.1, 0.15) is 0 Å². The molecule has 0 aromatic heterocycles. The molecule has 74 valence electrons. The van der Waals surface area contributed by atoms with Crippen LogP contribution < -0.4 is 0 Å². The van der Waals surface area contributed by atoms with Gasteiger partial charge in [0.15, 0.2) is 0 Å². The number of hydrogen-bond donors (Lipinski definition) is 0. The van der Waals surface area contributed by atoms with E-state index in [0.29, 0.717) is 6.10 Å². The van der Waals surface area contributed by atoms with Gasteiger partial charge in [-0.05, 0) is 19.8 Å². The third-order valence-electron chi connectivity index (χ3n) is 1.85. The largest absolute Gasteiger partial charge is 0.379 e. The standard InChI is InChI=1S/C10H22O2/c1-4-7-10(5-2)12-9-8-11-6-3/h10H,4-9H2,1-3H3. The Balaban J connectivity index is 3.19. The first-order valence-electron chi connectivity index (χ1n) is 5.04. The van der Waals surface area contributed by atoms with Crippen LogP contribution in [0.5, 0.6) is 0 Å². The van der Waals surface area contributed by atoms with E-state index in [1.807, 2.05) is 6.92 Å². The summed E-state index contributed by atoms with van der Waals surface area (Å²) in [6.07, 6.45) is 3.92. The molecule has 0 radical (unpaired) electrons. The van der Waals surface area contributed by atoms with Crippen LogP contribution in [0.25, 0.3) is 0 Å². The lowest BCUT2D eigenvalue weighted by molar-refractivity contribution is 0.00224. The van der Waals surface area contributed by atoms with Gasteiger partial charge in [-0.25, -0.2) is 0 Å². The molecule has 0 aliphatic carbocycles. The van der Waals surface area contributed by atoms with Gasteiger partial charge in [0, 0.05) is 6.61 Å². The van der Waals surface area contributed by atoms with E-state index < -0.39 is 0 Å². The molecular formula is C10H22O2. The molecule has 0 N–H and O–H groups in total. The molecule has 0 amide bonds. The number of rotatable bonds is 8. The Hall–Kier alpha value is -0.0800. The Bertz CT molecular complexity index is 83.9. The maximum atomic E-state index is 5.61. The van der Waals surface area contributed by atoms with Crippen LogP contribution >= 0.6 is 0 Å². The van der Waals surface area contributed by atoms with Gasteiger partial charge in [-0.1, -0.05) is 20.3 Å². The van der Waals surface area contributed by atoms with Gasteiger partial charge in [-0.15, -0.1) is 0 Å². The molecule has 0 aromatic carbocycles. The van der Waals surface area contributed by atoms with Crippen LogP contribution in [0.2, 0.25) is 0 Å². The Morgan fingerprint density at radius 2 is 1.83 bits per heavy atom. The van der Waals surface area contributed by atoms with Crippen LogP contribution in [0.1, 0.15) is 40.0 Å². The molecule has 2 nitrogen and oxygen atoms in total. The third-order valence-corrected chi connectivity index (χ3v) is 1.85. The summed E-state index contributed by atoms with van der Waals surface area (Å²) >= 11 is 0. The van der Waals surface area contributed by atoms with Gasteiger partial charge in [0.25, 0.3) is 0 Å². The fraction of sp³-hybridized carbons (Fsp3) is 1.00. The van der Waals surface area contributed by atoms with Crippen molar-refractivity contribution in [1.82, 2.24) is 0 Å². The van der Waals surface area contributed by atoms with Gasteiger partial charge in [-0.3, -0.25) is 0 Å². The molecule has 1 atom stereocenters. The second-order valence-electron chi connectivity index (χ2n) is 2.89. The molecule has 0 rings (SSSR count). The first kappa shape index (κ1) is 11.9. The minimum absolute atomic E-state index is 0.440. The van der Waals surface area contributed by atoms with Gasteiger partial charge in [0.2, 0.25) is 0 Å². The molecule has 0 fully saturated rings. The van der Waals surface area contributed by atoms with E-state index in [4.69, 9.17) is 9.47 Å². The SMILES string of the molecule is CCCC(CC)OCCOCC. The topological polar surface area (TPSA) is 18.5 Å². The average molecular weight is 174 g/mol. The summed E-state index contributed by atoms with van der Waals surface area (Å²) in [5.74, 6) is 0. The zero-order valence-corrected chi connectivity index (χ0v) is 8.64. The van der Waals surface area contributed by atoms with E-state index in [0.717, 1.165) is 26.2 Å². The van der Waals surface area contributed by atoms with Crippen molar-refractivity contribution in [1.29, 1.82) is 0 Å². The normalized spacial score (nSPS) is 13.2. The maximum absolute atomic E-state index is 5.61. The summed E-state index contributed by atoms with van der Waals surface area (Å²) in [6, 6.07) is 0. The zero-order valence-electron chi connectivity index (χ0n) is 8.64. The predicted octanol–water partition coefficient (Wildman–Crippen LogP) is 2.62. The minimum Gasteiger partial charge on any atom is -0.379 e. The van der Waals surface area contributed by atoms with E-state index in [9.17, 15) is 0 Å². The molecule has 0 saturated heterocycles. The lowest BCUT2D eigenvalue weighted by Crippen LogP contribution is -2.15. The third kappa shape index (κ3) is 6.62. The Kier molecular flexibility index (Phi) is 8.95. The van der Waals surface area contributed by atoms with Gasteiger partial charge in [-0.2, -0.15) is 0 Å². The average Bonchev–Trinajstić information content (AvgIpc) is 2.10. The van der Waals surface area contributed by atoms with E-state index in [-0.39, 0.29) is 0 Å². The van der Waals surface area contributed by atoms with Crippen LogP contribution in [-0.2, 0) is 9.47 Å². The molecule has 0 aliphatic heterocycles. The first-order chi connectivity index (χ1) is 5.85. The van der Waals surface area contributed by atoms with Crippen LogP contribution in [0, 0.1) is 0 Å².